The zero-order chi connectivity index (χ0) is 32.3. The van der Waals surface area contributed by atoms with Gasteiger partial charge >= 0.3 is 31.4 Å². The molecular weight excluding hydrogens is 584 g/mol. The summed E-state index contributed by atoms with van der Waals surface area (Å²) in [6.45, 7) is 14.3. The third-order valence-corrected chi connectivity index (χ3v) is 8.49. The summed E-state index contributed by atoms with van der Waals surface area (Å²) < 4.78 is 45.1. The molecule has 3 rings (SSSR count). The molecule has 0 aromatic heterocycles. The van der Waals surface area contributed by atoms with Gasteiger partial charge in [-0.3, -0.25) is 9.69 Å². The quantitative estimate of drug-likeness (QED) is 0.226. The SMILES string of the molecule is C[CH-]C.[CH2-]CN(C[CH2-])[C@@H](CCN(C)C(C(=O)O)c1ccc(C)c(C)c1C1CCC(OC(F)F)CC1)c1cc(Cl)ccc1F.[Li+]. The molecule has 5 nitrogen and oxygen atoms in total. The van der Waals surface area contributed by atoms with E-state index in [9.17, 15) is 23.1 Å². The maximum Gasteiger partial charge on any atom is 1.00 e. The summed E-state index contributed by atoms with van der Waals surface area (Å²) in [5, 5.41) is 10.8. The molecule has 242 valence electrons. The number of hydrogen-bond acceptors (Lipinski definition) is 4. The monoisotopic (exact) mass is 630 g/mol. The number of carboxylic acids is 1. The fraction of sp³-hybridized carbons (Fsp3) is 0.529. The number of likely N-dealkylation sites (N-methyl/N-ethyl adjacent to an activating group) is 1. The van der Waals surface area contributed by atoms with Crippen LogP contribution in [0, 0.1) is 39.9 Å². The van der Waals surface area contributed by atoms with E-state index in [-0.39, 0.29) is 30.6 Å². The summed E-state index contributed by atoms with van der Waals surface area (Å²) in [6.07, 6.45) is 4.21. The van der Waals surface area contributed by atoms with Crippen LogP contribution < -0.4 is 18.9 Å². The first-order valence-electron chi connectivity index (χ1n) is 14.9. The number of carbonyl (C=O) groups is 1. The Kier molecular flexibility index (Phi) is 18.3. The second-order valence-electron chi connectivity index (χ2n) is 11.2. The standard InChI is InChI=1S/C31H40ClF3N2O3.C3H7.Li/c1-6-37(7-2)27(25-18-22(32)11-15-26(25)33)16-17-36(5)29(30(38)39)24-14-8-19(3)20(4)28(24)21-9-12-23(13-10-21)40-31(34)35;1-3-2;/h8,11,14-15,18,21,23,27,29,31H,1-2,6-7,9-10,12-13,16-17H2,3-5H3,(H,38,39);3H,1-2H3;/q-2;-1;+1/t21?,23?,27-,29?;;/m0../s1. The van der Waals surface area contributed by atoms with Gasteiger partial charge in [-0.25, -0.2) is 4.39 Å². The molecule has 0 heterocycles. The van der Waals surface area contributed by atoms with Gasteiger partial charge in [0.2, 0.25) is 0 Å². The minimum Gasteiger partial charge on any atom is -0.480 e. The number of aryl methyl sites for hydroxylation is 1. The van der Waals surface area contributed by atoms with E-state index in [1.807, 2.05) is 51.1 Å². The van der Waals surface area contributed by atoms with Crippen LogP contribution in [0.5, 0.6) is 0 Å². The molecule has 0 aliphatic heterocycles. The van der Waals surface area contributed by atoms with E-state index < -0.39 is 30.8 Å². The first-order valence-corrected chi connectivity index (χ1v) is 15.3. The van der Waals surface area contributed by atoms with Crippen LogP contribution in [0.2, 0.25) is 5.02 Å². The van der Waals surface area contributed by atoms with Crippen LogP contribution in [-0.4, -0.2) is 60.3 Å². The van der Waals surface area contributed by atoms with Gasteiger partial charge in [-0.05, 0) is 99.4 Å². The number of rotatable bonds is 13. The number of ether oxygens (including phenoxy) is 1. The molecule has 10 heteroatoms. The molecule has 0 bridgehead atoms. The molecule has 1 aliphatic rings. The van der Waals surface area contributed by atoms with Crippen molar-refractivity contribution >= 4 is 17.6 Å². The van der Waals surface area contributed by atoms with Gasteiger partial charge in [0.15, 0.2) is 0 Å². The van der Waals surface area contributed by atoms with Crippen molar-refractivity contribution in [1.82, 2.24) is 9.80 Å². The minimum absolute atomic E-state index is 0. The predicted molar refractivity (Wildman–Crippen MR) is 168 cm³/mol. The maximum atomic E-state index is 14.9. The molecule has 2 atom stereocenters. The zero-order valence-electron chi connectivity index (χ0n) is 27.1. The molecule has 1 fully saturated rings. The van der Waals surface area contributed by atoms with Crippen LogP contribution >= 0.6 is 11.6 Å². The van der Waals surface area contributed by atoms with Crippen LogP contribution in [0.4, 0.5) is 13.2 Å². The van der Waals surface area contributed by atoms with Crippen molar-refractivity contribution in [3.05, 3.63) is 89.3 Å². The Labute approximate surface area is 279 Å². The largest absolute Gasteiger partial charge is 1.00 e. The number of hydrogen-bond donors (Lipinski definition) is 1. The molecular formula is C34H47ClF3LiN2O3-2. The van der Waals surface area contributed by atoms with E-state index >= 15 is 0 Å². The van der Waals surface area contributed by atoms with Gasteiger partial charge in [-0.2, -0.15) is 22.6 Å². The average molecular weight is 631 g/mol. The van der Waals surface area contributed by atoms with E-state index in [4.69, 9.17) is 16.3 Å². The van der Waals surface area contributed by atoms with Crippen molar-refractivity contribution in [2.24, 2.45) is 0 Å². The first-order chi connectivity index (χ1) is 20.4. The van der Waals surface area contributed by atoms with Gasteiger partial charge < -0.3 is 35.0 Å². The molecule has 1 saturated carbocycles. The number of nitrogens with zero attached hydrogens (tertiary/aromatic N) is 2. The van der Waals surface area contributed by atoms with Gasteiger partial charge in [-0.15, -0.1) is 13.1 Å². The molecule has 2 aromatic carbocycles. The van der Waals surface area contributed by atoms with Crippen LogP contribution in [0.25, 0.3) is 0 Å². The number of alkyl halides is 2. The zero-order valence-corrected chi connectivity index (χ0v) is 27.8. The Bertz CT molecular complexity index is 1160. The number of benzene rings is 2. The Morgan fingerprint density at radius 1 is 1.09 bits per heavy atom. The van der Waals surface area contributed by atoms with E-state index in [0.29, 0.717) is 67.9 Å². The minimum atomic E-state index is -2.80. The fourth-order valence-corrected chi connectivity index (χ4v) is 6.19. The smallest absolute Gasteiger partial charge is 0.480 e. The number of carboxylic acid groups (broad SMARTS) is 1. The molecule has 0 amide bonds. The molecule has 1 aliphatic carbocycles. The summed E-state index contributed by atoms with van der Waals surface area (Å²) in [5.74, 6) is -1.33. The average Bonchev–Trinajstić information content (AvgIpc) is 2.95. The Hall–Kier alpha value is -1.53. The predicted octanol–water partition coefficient (Wildman–Crippen LogP) is 5.75. The molecule has 0 saturated heterocycles. The van der Waals surface area contributed by atoms with E-state index in [1.54, 1.807) is 18.0 Å². The van der Waals surface area contributed by atoms with E-state index in [1.165, 1.54) is 12.1 Å². The molecule has 0 spiro atoms. The Balaban J connectivity index is 0.00000232. The van der Waals surface area contributed by atoms with Crippen molar-refractivity contribution < 1.29 is 46.7 Å². The van der Waals surface area contributed by atoms with Crippen LogP contribution in [0.3, 0.4) is 0 Å². The summed E-state index contributed by atoms with van der Waals surface area (Å²) in [7, 11) is 1.76. The number of aliphatic carboxylic acids is 1. The van der Waals surface area contributed by atoms with Crippen molar-refractivity contribution in [1.29, 1.82) is 0 Å². The van der Waals surface area contributed by atoms with E-state index in [2.05, 4.69) is 13.8 Å². The van der Waals surface area contributed by atoms with Crippen molar-refractivity contribution in [2.75, 3.05) is 26.7 Å². The molecule has 44 heavy (non-hydrogen) atoms. The third kappa shape index (κ3) is 11.1. The van der Waals surface area contributed by atoms with Gasteiger partial charge in [0.25, 0.3) is 0 Å². The van der Waals surface area contributed by atoms with Crippen molar-refractivity contribution in [2.45, 2.75) is 90.5 Å². The van der Waals surface area contributed by atoms with Crippen molar-refractivity contribution in [3.8, 4) is 0 Å². The summed E-state index contributed by atoms with van der Waals surface area (Å²) >= 11 is 6.19. The second-order valence-corrected chi connectivity index (χ2v) is 11.6. The summed E-state index contributed by atoms with van der Waals surface area (Å²) in [4.78, 5) is 16.5. The summed E-state index contributed by atoms with van der Waals surface area (Å²) in [6, 6.07) is 6.90. The third-order valence-electron chi connectivity index (χ3n) is 8.25. The van der Waals surface area contributed by atoms with Crippen LogP contribution in [0.1, 0.15) is 91.8 Å². The molecule has 1 unspecified atom stereocenters. The van der Waals surface area contributed by atoms with E-state index in [0.717, 1.165) is 16.7 Å². The van der Waals surface area contributed by atoms with Gasteiger partial charge in [-0.1, -0.05) is 23.7 Å². The fourth-order valence-electron chi connectivity index (χ4n) is 6.01. The molecule has 0 radical (unpaired) electrons. The molecule has 1 N–H and O–H groups in total. The normalized spacial score (nSPS) is 18.0. The van der Waals surface area contributed by atoms with Gasteiger partial charge in [0, 0.05) is 23.2 Å². The molecule has 2 aromatic rings. The topological polar surface area (TPSA) is 53.0 Å². The van der Waals surface area contributed by atoms with Gasteiger partial charge in [0.1, 0.15) is 11.9 Å². The van der Waals surface area contributed by atoms with Crippen LogP contribution in [0.15, 0.2) is 30.3 Å². The van der Waals surface area contributed by atoms with Gasteiger partial charge in [0.05, 0.1) is 6.10 Å². The Morgan fingerprint density at radius 2 is 1.68 bits per heavy atom. The van der Waals surface area contributed by atoms with Crippen molar-refractivity contribution in [3.63, 3.8) is 0 Å². The van der Waals surface area contributed by atoms with Crippen LogP contribution in [-0.2, 0) is 9.53 Å². The second kappa shape index (κ2) is 19.9. The Morgan fingerprint density at radius 3 is 2.20 bits per heavy atom. The number of halogens is 4. The first kappa shape index (κ1) is 40.5. The summed E-state index contributed by atoms with van der Waals surface area (Å²) in [5.41, 5.74) is 4.18. The maximum absolute atomic E-state index is 14.9.